The van der Waals surface area contributed by atoms with Gasteiger partial charge in [-0.05, 0) is 48.4 Å². The molecule has 0 aliphatic carbocycles. The minimum Gasteiger partial charge on any atom is -0.331 e. The molecule has 0 aliphatic heterocycles. The van der Waals surface area contributed by atoms with Crippen molar-refractivity contribution in [1.29, 1.82) is 0 Å². The lowest BCUT2D eigenvalue weighted by Crippen LogP contribution is -2.52. The van der Waals surface area contributed by atoms with E-state index in [2.05, 4.69) is 10.6 Å². The predicted molar refractivity (Wildman–Crippen MR) is 147 cm³/mol. The first kappa shape index (κ1) is 28.2. The van der Waals surface area contributed by atoms with Crippen molar-refractivity contribution in [3.63, 3.8) is 0 Å². The monoisotopic (exact) mass is 537 g/mol. The van der Waals surface area contributed by atoms with E-state index in [1.54, 1.807) is 70.5 Å². The molecule has 0 bridgehead atoms. The summed E-state index contributed by atoms with van der Waals surface area (Å²) in [6.45, 7) is 1.63. The molecule has 3 N–H and O–H groups in total. The molecule has 3 aromatic carbocycles. The van der Waals surface area contributed by atoms with Crippen LogP contribution in [0, 0.1) is 6.92 Å². The van der Waals surface area contributed by atoms with Gasteiger partial charge in [-0.2, -0.15) is 0 Å². The second-order valence-corrected chi connectivity index (χ2v) is 10.5. The standard InChI is InChI=1S/C27H31N5O5S/c1-19-10-8-9-13-24(19)38(36,37)30-26(34)29-23(18-20-11-6-5-7-12-20)25(33)32(4)22-16-14-21(15-17-22)28-27(35)31(2)3/h5-17,23H,18H2,1-4H3,(H,28,35)(H2,29,30,34)/t23-/m0/s1. The van der Waals surface area contributed by atoms with Crippen molar-refractivity contribution >= 4 is 39.4 Å². The number of sulfonamides is 1. The zero-order valence-corrected chi connectivity index (χ0v) is 22.5. The van der Waals surface area contributed by atoms with E-state index in [9.17, 15) is 22.8 Å². The summed E-state index contributed by atoms with van der Waals surface area (Å²) >= 11 is 0. The van der Waals surface area contributed by atoms with Crippen LogP contribution in [0.3, 0.4) is 0 Å². The van der Waals surface area contributed by atoms with Gasteiger partial charge in [0.25, 0.3) is 10.0 Å². The third-order valence-corrected chi connectivity index (χ3v) is 7.23. The largest absolute Gasteiger partial charge is 0.331 e. The average molecular weight is 538 g/mol. The van der Waals surface area contributed by atoms with Gasteiger partial charge >= 0.3 is 12.1 Å². The molecule has 11 heteroatoms. The number of benzene rings is 3. The Hall–Kier alpha value is -4.38. The molecule has 0 aliphatic rings. The second-order valence-electron chi connectivity index (χ2n) is 8.86. The summed E-state index contributed by atoms with van der Waals surface area (Å²) in [4.78, 5) is 40.9. The first-order valence-electron chi connectivity index (χ1n) is 11.8. The number of nitrogens with one attached hydrogen (secondary N) is 3. The normalized spacial score (nSPS) is 11.7. The molecule has 0 unspecified atom stereocenters. The van der Waals surface area contributed by atoms with Crippen LogP contribution in [0.15, 0.2) is 83.8 Å². The smallest absolute Gasteiger partial charge is 0.329 e. The molecule has 3 aromatic rings. The number of carbonyl (C=O) groups is 3. The van der Waals surface area contributed by atoms with Crippen molar-refractivity contribution in [3.8, 4) is 0 Å². The van der Waals surface area contributed by atoms with E-state index < -0.39 is 28.0 Å². The molecule has 3 rings (SSSR count). The molecule has 10 nitrogen and oxygen atoms in total. The van der Waals surface area contributed by atoms with Gasteiger partial charge < -0.3 is 20.4 Å². The number of amides is 5. The van der Waals surface area contributed by atoms with E-state index >= 15 is 0 Å². The minimum atomic E-state index is -4.15. The van der Waals surface area contributed by atoms with E-state index in [1.165, 1.54) is 15.9 Å². The Morgan fingerprint density at radius 3 is 2.05 bits per heavy atom. The lowest BCUT2D eigenvalue weighted by Gasteiger charge is -2.25. The molecule has 5 amide bonds. The van der Waals surface area contributed by atoms with Crippen molar-refractivity contribution in [2.75, 3.05) is 31.4 Å². The Morgan fingerprint density at radius 1 is 0.842 bits per heavy atom. The van der Waals surface area contributed by atoms with Crippen LogP contribution < -0.4 is 20.3 Å². The van der Waals surface area contributed by atoms with E-state index in [0.29, 0.717) is 16.9 Å². The number of hydrogen-bond acceptors (Lipinski definition) is 5. The number of hydrogen-bond donors (Lipinski definition) is 3. The molecule has 0 saturated heterocycles. The van der Waals surface area contributed by atoms with Crippen LogP contribution in [0.2, 0.25) is 0 Å². The third-order valence-electron chi connectivity index (χ3n) is 5.74. The van der Waals surface area contributed by atoms with Crippen LogP contribution in [0.5, 0.6) is 0 Å². The van der Waals surface area contributed by atoms with Crippen molar-refractivity contribution in [1.82, 2.24) is 14.9 Å². The maximum atomic E-state index is 13.5. The minimum absolute atomic E-state index is 0.0281. The molecule has 0 radical (unpaired) electrons. The Morgan fingerprint density at radius 2 is 1.45 bits per heavy atom. The lowest BCUT2D eigenvalue weighted by molar-refractivity contribution is -0.120. The van der Waals surface area contributed by atoms with Crippen molar-refractivity contribution in [2.24, 2.45) is 0 Å². The van der Waals surface area contributed by atoms with Gasteiger partial charge in [0.1, 0.15) is 6.04 Å². The van der Waals surface area contributed by atoms with Gasteiger partial charge in [-0.3, -0.25) is 4.79 Å². The van der Waals surface area contributed by atoms with Crippen LogP contribution in [-0.2, 0) is 21.2 Å². The molecular formula is C27H31N5O5S. The molecule has 0 aromatic heterocycles. The molecular weight excluding hydrogens is 506 g/mol. The molecule has 0 fully saturated rings. The van der Waals surface area contributed by atoms with Gasteiger partial charge in [0.05, 0.1) is 4.90 Å². The van der Waals surface area contributed by atoms with E-state index in [-0.39, 0.29) is 17.3 Å². The van der Waals surface area contributed by atoms with E-state index in [1.807, 2.05) is 35.1 Å². The van der Waals surface area contributed by atoms with Gasteiger partial charge in [0.15, 0.2) is 0 Å². The first-order valence-corrected chi connectivity index (χ1v) is 13.2. The summed E-state index contributed by atoms with van der Waals surface area (Å²) in [5.74, 6) is -0.456. The highest BCUT2D eigenvalue weighted by Crippen LogP contribution is 2.19. The SMILES string of the molecule is Cc1ccccc1S(=O)(=O)NC(=O)N[C@@H](Cc1ccccc1)C(=O)N(C)c1ccc(NC(=O)N(C)C)cc1. The van der Waals surface area contributed by atoms with Gasteiger partial charge in [0, 0.05) is 38.9 Å². The van der Waals surface area contributed by atoms with Crippen LogP contribution in [0.25, 0.3) is 0 Å². The number of urea groups is 2. The highest BCUT2D eigenvalue weighted by Gasteiger charge is 2.28. The van der Waals surface area contributed by atoms with Crippen molar-refractivity contribution in [3.05, 3.63) is 90.0 Å². The summed E-state index contributed by atoms with van der Waals surface area (Å²) in [5.41, 5.74) is 2.33. The Kier molecular flexibility index (Phi) is 9.08. The Labute approximate surface area is 222 Å². The fourth-order valence-corrected chi connectivity index (χ4v) is 4.80. The Balaban J connectivity index is 1.79. The molecule has 0 heterocycles. The van der Waals surface area contributed by atoms with Crippen molar-refractivity contribution in [2.45, 2.75) is 24.3 Å². The average Bonchev–Trinajstić information content (AvgIpc) is 2.88. The summed E-state index contributed by atoms with van der Waals surface area (Å²) < 4.78 is 27.6. The quantitative estimate of drug-likeness (QED) is 0.406. The molecule has 200 valence electrons. The van der Waals surface area contributed by atoms with Crippen LogP contribution >= 0.6 is 0 Å². The number of nitrogens with zero attached hydrogens (tertiary/aromatic N) is 2. The fraction of sp³-hybridized carbons (Fsp3) is 0.222. The number of likely N-dealkylation sites (N-methyl/N-ethyl adjacent to an activating group) is 1. The molecule has 0 saturated carbocycles. The number of anilines is 2. The summed E-state index contributed by atoms with van der Waals surface area (Å²) in [6.07, 6.45) is 0.138. The lowest BCUT2D eigenvalue weighted by atomic mass is 10.0. The highest BCUT2D eigenvalue weighted by atomic mass is 32.2. The fourth-order valence-electron chi connectivity index (χ4n) is 3.64. The van der Waals surface area contributed by atoms with Gasteiger partial charge in [-0.25, -0.2) is 22.7 Å². The zero-order chi connectivity index (χ0) is 27.9. The highest BCUT2D eigenvalue weighted by molar-refractivity contribution is 7.90. The number of aryl methyl sites for hydroxylation is 1. The maximum absolute atomic E-state index is 13.5. The Bertz CT molecular complexity index is 1390. The van der Waals surface area contributed by atoms with E-state index in [0.717, 1.165) is 5.56 Å². The van der Waals surface area contributed by atoms with Crippen LogP contribution in [0.4, 0.5) is 21.0 Å². The van der Waals surface area contributed by atoms with Crippen LogP contribution in [0.1, 0.15) is 11.1 Å². The van der Waals surface area contributed by atoms with Gasteiger partial charge in [0.2, 0.25) is 5.91 Å². The van der Waals surface area contributed by atoms with Gasteiger partial charge in [-0.1, -0.05) is 48.5 Å². The molecule has 1 atom stereocenters. The summed E-state index contributed by atoms with van der Waals surface area (Å²) in [5, 5.41) is 5.25. The van der Waals surface area contributed by atoms with Crippen LogP contribution in [-0.4, -0.2) is 58.5 Å². The van der Waals surface area contributed by atoms with Crippen molar-refractivity contribution < 1.29 is 22.8 Å². The molecule has 0 spiro atoms. The number of carbonyl (C=O) groups excluding carboxylic acids is 3. The van der Waals surface area contributed by atoms with E-state index in [4.69, 9.17) is 0 Å². The second kappa shape index (κ2) is 12.2. The summed E-state index contributed by atoms with van der Waals surface area (Å²) in [7, 11) is 0.647. The predicted octanol–water partition coefficient (Wildman–Crippen LogP) is 3.35. The summed E-state index contributed by atoms with van der Waals surface area (Å²) in [6, 6.07) is 19.6. The molecule has 38 heavy (non-hydrogen) atoms. The topological polar surface area (TPSA) is 128 Å². The third kappa shape index (κ3) is 7.32. The van der Waals surface area contributed by atoms with Gasteiger partial charge in [-0.15, -0.1) is 0 Å². The zero-order valence-electron chi connectivity index (χ0n) is 21.6. The number of rotatable bonds is 8. The first-order chi connectivity index (χ1) is 18.0. The maximum Gasteiger partial charge on any atom is 0.329 e.